The number of benzene rings is 1. The molecule has 0 fully saturated rings. The number of nitrogens with zero attached hydrogens (tertiary/aromatic N) is 2. The monoisotopic (exact) mass is 336 g/mol. The molecule has 0 bridgehead atoms. The Bertz CT molecular complexity index is 763. The highest BCUT2D eigenvalue weighted by atomic mass is 79.9. The second-order valence-electron chi connectivity index (χ2n) is 3.90. The van der Waals surface area contributed by atoms with E-state index in [2.05, 4.69) is 25.7 Å². The molecule has 0 amide bonds. The van der Waals surface area contributed by atoms with Crippen LogP contribution in [0.1, 0.15) is 10.5 Å². The van der Waals surface area contributed by atoms with Gasteiger partial charge in [0, 0.05) is 21.4 Å². The van der Waals surface area contributed by atoms with Crippen LogP contribution in [0.15, 0.2) is 40.3 Å². The average molecular weight is 337 g/mol. The van der Waals surface area contributed by atoms with Gasteiger partial charge >= 0.3 is 5.97 Å². The van der Waals surface area contributed by atoms with Gasteiger partial charge in [0.1, 0.15) is 0 Å². The predicted octanol–water partition coefficient (Wildman–Crippen LogP) is 3.64. The third kappa shape index (κ3) is 2.17. The smallest absolute Gasteiger partial charge is 0.357 e. The summed E-state index contributed by atoms with van der Waals surface area (Å²) < 4.78 is 7.65. The highest BCUT2D eigenvalue weighted by Crippen LogP contribution is 2.25. The minimum atomic E-state index is -0.415. The van der Waals surface area contributed by atoms with E-state index in [0.717, 1.165) is 20.5 Å². The van der Waals surface area contributed by atoms with Crippen molar-refractivity contribution in [2.75, 3.05) is 7.11 Å². The lowest BCUT2D eigenvalue weighted by Crippen LogP contribution is -2.02. The lowest BCUT2D eigenvalue weighted by molar-refractivity contribution is 0.0595. The maximum absolute atomic E-state index is 11.4. The second kappa shape index (κ2) is 4.79. The average Bonchev–Trinajstić information content (AvgIpc) is 3.03. The summed E-state index contributed by atoms with van der Waals surface area (Å²) in [5.74, 6) is -0.415. The van der Waals surface area contributed by atoms with E-state index in [-0.39, 0.29) is 0 Å². The van der Waals surface area contributed by atoms with Gasteiger partial charge < -0.3 is 4.74 Å². The fourth-order valence-electron chi connectivity index (χ4n) is 1.85. The lowest BCUT2D eigenvalue weighted by Gasteiger charge is -2.00. The number of aromatic nitrogens is 2. The minimum Gasteiger partial charge on any atom is -0.464 e. The Morgan fingerprint density at radius 3 is 3.05 bits per heavy atom. The van der Waals surface area contributed by atoms with Gasteiger partial charge in [0.2, 0.25) is 0 Å². The molecule has 19 heavy (non-hydrogen) atoms. The van der Waals surface area contributed by atoms with Gasteiger partial charge in [-0.1, -0.05) is 15.9 Å². The first kappa shape index (κ1) is 12.4. The number of fused-ring (bicyclic) bond motifs is 1. The number of halogens is 1. The highest BCUT2D eigenvalue weighted by Gasteiger charge is 2.13. The van der Waals surface area contributed by atoms with Gasteiger partial charge in [-0.2, -0.15) is 0 Å². The van der Waals surface area contributed by atoms with Crippen LogP contribution < -0.4 is 0 Å². The van der Waals surface area contributed by atoms with Crippen LogP contribution in [0.25, 0.3) is 16.0 Å². The number of carbonyl (C=O) groups excluding carboxylic acids is 1. The van der Waals surface area contributed by atoms with Crippen LogP contribution in [0.4, 0.5) is 0 Å². The molecule has 0 spiro atoms. The number of thiazole rings is 1. The first-order valence-electron chi connectivity index (χ1n) is 5.50. The van der Waals surface area contributed by atoms with Gasteiger partial charge in [-0.15, -0.1) is 11.3 Å². The predicted molar refractivity (Wildman–Crippen MR) is 78.0 cm³/mol. The topological polar surface area (TPSA) is 44.1 Å². The molecule has 2 aromatic heterocycles. The standard InChI is InChI=1S/C13H9BrN2O2S/c1-18-12(17)10-7-19-13(15-10)16-5-4-8-6-9(14)2-3-11(8)16/h2-7H,1H3. The van der Waals surface area contributed by atoms with Crippen molar-refractivity contribution in [2.45, 2.75) is 0 Å². The number of esters is 1. The maximum atomic E-state index is 11.4. The Morgan fingerprint density at radius 1 is 1.42 bits per heavy atom. The normalized spacial score (nSPS) is 10.8. The zero-order chi connectivity index (χ0) is 13.4. The summed E-state index contributed by atoms with van der Waals surface area (Å²) >= 11 is 4.86. The third-order valence-corrected chi connectivity index (χ3v) is 4.08. The molecule has 0 aliphatic rings. The molecule has 4 nitrogen and oxygen atoms in total. The molecule has 0 unspecified atom stereocenters. The van der Waals surface area contributed by atoms with Crippen molar-refractivity contribution >= 4 is 44.1 Å². The fraction of sp³-hybridized carbons (Fsp3) is 0.0769. The van der Waals surface area contributed by atoms with E-state index in [0.29, 0.717) is 5.69 Å². The van der Waals surface area contributed by atoms with E-state index >= 15 is 0 Å². The van der Waals surface area contributed by atoms with Gasteiger partial charge in [-0.25, -0.2) is 9.78 Å². The Hall–Kier alpha value is -1.66. The third-order valence-electron chi connectivity index (χ3n) is 2.74. The van der Waals surface area contributed by atoms with Crippen molar-refractivity contribution in [1.29, 1.82) is 0 Å². The van der Waals surface area contributed by atoms with Gasteiger partial charge in [0.15, 0.2) is 10.8 Å². The zero-order valence-electron chi connectivity index (χ0n) is 9.96. The number of carbonyl (C=O) groups is 1. The van der Waals surface area contributed by atoms with Crippen LogP contribution >= 0.6 is 27.3 Å². The van der Waals surface area contributed by atoms with Crippen LogP contribution in [0.5, 0.6) is 0 Å². The molecular formula is C13H9BrN2O2S. The van der Waals surface area contributed by atoms with Crippen LogP contribution in [-0.4, -0.2) is 22.6 Å². The van der Waals surface area contributed by atoms with Crippen LogP contribution in [0.3, 0.4) is 0 Å². The van der Waals surface area contributed by atoms with Crippen LogP contribution in [-0.2, 0) is 4.74 Å². The summed E-state index contributed by atoms with van der Waals surface area (Å²) in [6.45, 7) is 0. The summed E-state index contributed by atoms with van der Waals surface area (Å²) in [6.07, 6.45) is 1.94. The molecule has 3 rings (SSSR count). The fourth-order valence-corrected chi connectivity index (χ4v) is 3.02. The number of hydrogen-bond donors (Lipinski definition) is 0. The molecule has 3 aromatic rings. The zero-order valence-corrected chi connectivity index (χ0v) is 12.4. The largest absolute Gasteiger partial charge is 0.464 e. The molecule has 6 heteroatoms. The molecule has 96 valence electrons. The van der Waals surface area contributed by atoms with E-state index in [1.165, 1.54) is 18.4 Å². The van der Waals surface area contributed by atoms with Crippen molar-refractivity contribution in [3.05, 3.63) is 46.0 Å². The van der Waals surface area contributed by atoms with Crippen molar-refractivity contribution in [3.8, 4) is 5.13 Å². The van der Waals surface area contributed by atoms with Crippen LogP contribution in [0, 0.1) is 0 Å². The quantitative estimate of drug-likeness (QED) is 0.671. The number of ether oxygens (including phenoxy) is 1. The van der Waals surface area contributed by atoms with Crippen molar-refractivity contribution in [1.82, 2.24) is 9.55 Å². The summed E-state index contributed by atoms with van der Waals surface area (Å²) in [4.78, 5) is 15.7. The SMILES string of the molecule is COC(=O)c1csc(-n2ccc3cc(Br)ccc32)n1. The van der Waals surface area contributed by atoms with E-state index in [9.17, 15) is 4.79 Å². The van der Waals surface area contributed by atoms with Gasteiger partial charge in [0.25, 0.3) is 0 Å². The van der Waals surface area contributed by atoms with Crippen molar-refractivity contribution in [2.24, 2.45) is 0 Å². The van der Waals surface area contributed by atoms with Gasteiger partial charge in [0.05, 0.1) is 12.6 Å². The first-order chi connectivity index (χ1) is 9.19. The van der Waals surface area contributed by atoms with Crippen molar-refractivity contribution in [3.63, 3.8) is 0 Å². The molecule has 0 aliphatic heterocycles. The second-order valence-corrected chi connectivity index (χ2v) is 5.65. The Morgan fingerprint density at radius 2 is 2.26 bits per heavy atom. The number of hydrogen-bond acceptors (Lipinski definition) is 4. The van der Waals surface area contributed by atoms with E-state index < -0.39 is 5.97 Å². The summed E-state index contributed by atoms with van der Waals surface area (Å²) in [5, 5.41) is 3.56. The maximum Gasteiger partial charge on any atom is 0.357 e. The molecule has 2 heterocycles. The summed E-state index contributed by atoms with van der Waals surface area (Å²) in [5.41, 5.74) is 1.38. The first-order valence-corrected chi connectivity index (χ1v) is 7.17. The van der Waals surface area contributed by atoms with Crippen molar-refractivity contribution < 1.29 is 9.53 Å². The van der Waals surface area contributed by atoms with Gasteiger partial charge in [-0.3, -0.25) is 4.57 Å². The Labute approximate surface area is 121 Å². The molecule has 0 N–H and O–H groups in total. The molecule has 1 aromatic carbocycles. The van der Waals surface area contributed by atoms with E-state index in [1.807, 2.05) is 35.0 Å². The Kier molecular flexibility index (Phi) is 3.12. The van der Waals surface area contributed by atoms with Crippen LogP contribution in [0.2, 0.25) is 0 Å². The Balaban J connectivity index is 2.09. The molecule has 0 saturated heterocycles. The molecule has 0 aliphatic carbocycles. The molecular weight excluding hydrogens is 328 g/mol. The molecule has 0 atom stereocenters. The molecule has 0 radical (unpaired) electrons. The number of rotatable bonds is 2. The van der Waals surface area contributed by atoms with E-state index in [1.54, 1.807) is 5.38 Å². The van der Waals surface area contributed by atoms with Gasteiger partial charge in [-0.05, 0) is 24.3 Å². The molecule has 0 saturated carbocycles. The number of methoxy groups -OCH3 is 1. The summed E-state index contributed by atoms with van der Waals surface area (Å²) in [7, 11) is 1.35. The summed E-state index contributed by atoms with van der Waals surface area (Å²) in [6, 6.07) is 8.05. The highest BCUT2D eigenvalue weighted by molar-refractivity contribution is 9.10. The van der Waals surface area contributed by atoms with E-state index in [4.69, 9.17) is 0 Å². The minimum absolute atomic E-state index is 0.335. The lowest BCUT2D eigenvalue weighted by atomic mass is 10.2.